The second-order valence-corrected chi connectivity index (χ2v) is 7.02. The number of unbranched alkanes of at least 4 members (excludes halogenated alkanes) is 2. The van der Waals surface area contributed by atoms with Gasteiger partial charge in [0.1, 0.15) is 0 Å². The number of nitrogens with one attached hydrogen (secondary N) is 1. The Morgan fingerprint density at radius 1 is 1.37 bits per heavy atom. The quantitative estimate of drug-likeness (QED) is 0.643. The summed E-state index contributed by atoms with van der Waals surface area (Å²) >= 11 is 0. The average Bonchev–Trinajstić information content (AvgIpc) is 2.37. The predicted octanol–water partition coefficient (Wildman–Crippen LogP) is -0.0632. The lowest BCUT2D eigenvalue weighted by molar-refractivity contribution is -0.126. The lowest BCUT2D eigenvalue weighted by Crippen LogP contribution is -2.45. The molecule has 1 fully saturated rings. The molecule has 0 saturated carbocycles. The third-order valence-electron chi connectivity index (χ3n) is 3.36. The van der Waals surface area contributed by atoms with Crippen molar-refractivity contribution in [3.05, 3.63) is 0 Å². The summed E-state index contributed by atoms with van der Waals surface area (Å²) in [5.74, 6) is -0.293. The van der Waals surface area contributed by atoms with E-state index in [2.05, 4.69) is 5.32 Å². The summed E-state index contributed by atoms with van der Waals surface area (Å²) in [4.78, 5) is 11.9. The molecule has 0 aliphatic carbocycles. The van der Waals surface area contributed by atoms with E-state index >= 15 is 0 Å². The van der Waals surface area contributed by atoms with Crippen molar-refractivity contribution in [3.8, 4) is 0 Å². The Hall–Kier alpha value is -0.660. The second-order valence-electron chi connectivity index (χ2n) is 5.04. The summed E-state index contributed by atoms with van der Waals surface area (Å²) in [6, 6.07) is 0. The van der Waals surface area contributed by atoms with Crippen LogP contribution in [-0.2, 0) is 14.8 Å². The largest absolute Gasteiger partial charge is 0.396 e. The van der Waals surface area contributed by atoms with Gasteiger partial charge >= 0.3 is 0 Å². The van der Waals surface area contributed by atoms with E-state index < -0.39 is 10.0 Å². The monoisotopic (exact) mass is 292 g/mol. The predicted molar refractivity (Wildman–Crippen MR) is 73.1 cm³/mol. The van der Waals surface area contributed by atoms with Gasteiger partial charge in [0, 0.05) is 26.2 Å². The van der Waals surface area contributed by atoms with Crippen LogP contribution < -0.4 is 5.32 Å². The molecular weight excluding hydrogens is 268 g/mol. The molecule has 0 radical (unpaired) electrons. The minimum atomic E-state index is -3.20. The first-order valence-electron chi connectivity index (χ1n) is 6.79. The zero-order valence-corrected chi connectivity index (χ0v) is 12.3. The van der Waals surface area contributed by atoms with Crippen molar-refractivity contribution in [3.63, 3.8) is 0 Å². The first-order chi connectivity index (χ1) is 8.95. The highest BCUT2D eigenvalue weighted by Gasteiger charge is 2.29. The highest BCUT2D eigenvalue weighted by Crippen LogP contribution is 2.18. The molecule has 0 aromatic rings. The van der Waals surface area contributed by atoms with Crippen LogP contribution in [0.5, 0.6) is 0 Å². The molecular formula is C12H24N2O4S. The van der Waals surface area contributed by atoms with E-state index in [1.165, 1.54) is 10.6 Å². The number of aliphatic hydroxyl groups excluding tert-OH is 1. The molecule has 0 aromatic heterocycles. The van der Waals surface area contributed by atoms with E-state index in [0.29, 0.717) is 19.6 Å². The number of carbonyl (C=O) groups excluding carboxylic acids is 1. The van der Waals surface area contributed by atoms with E-state index in [1.54, 1.807) is 0 Å². The Labute approximate surface area is 115 Å². The summed E-state index contributed by atoms with van der Waals surface area (Å²) in [6.07, 6.45) is 5.14. The molecule has 1 rings (SSSR count). The van der Waals surface area contributed by atoms with Gasteiger partial charge in [0.15, 0.2) is 0 Å². The standard InChI is InChI=1S/C12H24N2O4S/c1-19(17,18)14-8-5-6-11(10-14)12(16)13-7-3-2-4-9-15/h11,15H,2-10H2,1H3,(H,13,16). The van der Waals surface area contributed by atoms with Crippen LogP contribution in [0.4, 0.5) is 0 Å². The van der Waals surface area contributed by atoms with Crippen LogP contribution >= 0.6 is 0 Å². The molecule has 1 unspecified atom stereocenters. The van der Waals surface area contributed by atoms with E-state index in [0.717, 1.165) is 32.1 Å². The lowest BCUT2D eigenvalue weighted by Gasteiger charge is -2.30. The zero-order valence-electron chi connectivity index (χ0n) is 11.5. The number of amides is 1. The fourth-order valence-electron chi connectivity index (χ4n) is 2.23. The third kappa shape index (κ3) is 5.88. The van der Waals surface area contributed by atoms with Crippen LogP contribution in [0.3, 0.4) is 0 Å². The van der Waals surface area contributed by atoms with Crippen molar-refractivity contribution in [1.29, 1.82) is 0 Å². The Kier molecular flexibility index (Phi) is 6.74. The third-order valence-corrected chi connectivity index (χ3v) is 4.63. The highest BCUT2D eigenvalue weighted by molar-refractivity contribution is 7.88. The van der Waals surface area contributed by atoms with Crippen LogP contribution in [-0.4, -0.2) is 56.2 Å². The van der Waals surface area contributed by atoms with Crippen LogP contribution in [0.15, 0.2) is 0 Å². The van der Waals surface area contributed by atoms with Gasteiger partial charge in [-0.1, -0.05) is 0 Å². The van der Waals surface area contributed by atoms with Crippen LogP contribution in [0.25, 0.3) is 0 Å². The maximum atomic E-state index is 11.9. The molecule has 0 spiro atoms. The normalized spacial score (nSPS) is 21.3. The Balaban J connectivity index is 2.32. The number of nitrogens with zero attached hydrogens (tertiary/aromatic N) is 1. The van der Waals surface area contributed by atoms with Crippen molar-refractivity contribution in [2.75, 3.05) is 32.5 Å². The Morgan fingerprint density at radius 3 is 2.74 bits per heavy atom. The summed E-state index contributed by atoms with van der Waals surface area (Å²) in [6.45, 7) is 1.58. The van der Waals surface area contributed by atoms with Crippen LogP contribution in [0.2, 0.25) is 0 Å². The minimum absolute atomic E-state index is 0.0580. The van der Waals surface area contributed by atoms with Crippen LogP contribution in [0, 0.1) is 5.92 Å². The van der Waals surface area contributed by atoms with Gasteiger partial charge in [-0.25, -0.2) is 12.7 Å². The number of rotatable bonds is 7. The number of hydrogen-bond donors (Lipinski definition) is 2. The molecule has 1 saturated heterocycles. The SMILES string of the molecule is CS(=O)(=O)N1CCCC(C(=O)NCCCCCO)C1. The van der Waals surface area contributed by atoms with Gasteiger partial charge in [0.2, 0.25) is 15.9 Å². The van der Waals surface area contributed by atoms with Gasteiger partial charge in [0.25, 0.3) is 0 Å². The number of piperidine rings is 1. The molecule has 19 heavy (non-hydrogen) atoms. The van der Waals surface area contributed by atoms with Gasteiger partial charge in [-0.3, -0.25) is 4.79 Å². The maximum Gasteiger partial charge on any atom is 0.224 e. The smallest absolute Gasteiger partial charge is 0.224 e. The van der Waals surface area contributed by atoms with Crippen molar-refractivity contribution >= 4 is 15.9 Å². The fourth-order valence-corrected chi connectivity index (χ4v) is 3.14. The Bertz CT molecular complexity index is 383. The molecule has 7 heteroatoms. The van der Waals surface area contributed by atoms with Crippen molar-refractivity contribution in [2.45, 2.75) is 32.1 Å². The van der Waals surface area contributed by atoms with Crippen LogP contribution in [0.1, 0.15) is 32.1 Å². The fraction of sp³-hybridized carbons (Fsp3) is 0.917. The van der Waals surface area contributed by atoms with Gasteiger partial charge in [-0.2, -0.15) is 0 Å². The molecule has 1 heterocycles. The topological polar surface area (TPSA) is 86.7 Å². The average molecular weight is 292 g/mol. The molecule has 6 nitrogen and oxygen atoms in total. The van der Waals surface area contributed by atoms with Gasteiger partial charge in [-0.05, 0) is 32.1 Å². The molecule has 0 aromatic carbocycles. The zero-order chi connectivity index (χ0) is 14.3. The van der Waals surface area contributed by atoms with Gasteiger partial charge in [0.05, 0.1) is 12.2 Å². The first kappa shape index (κ1) is 16.4. The van der Waals surface area contributed by atoms with Gasteiger partial charge < -0.3 is 10.4 Å². The van der Waals surface area contributed by atoms with Crippen molar-refractivity contribution in [2.24, 2.45) is 5.92 Å². The van der Waals surface area contributed by atoms with E-state index in [1.807, 2.05) is 0 Å². The van der Waals surface area contributed by atoms with E-state index in [-0.39, 0.29) is 18.4 Å². The summed E-state index contributed by atoms with van der Waals surface area (Å²) < 4.78 is 24.3. The molecule has 112 valence electrons. The maximum absolute atomic E-state index is 11.9. The first-order valence-corrected chi connectivity index (χ1v) is 8.63. The summed E-state index contributed by atoms with van der Waals surface area (Å²) in [5, 5.41) is 11.5. The number of hydrogen-bond acceptors (Lipinski definition) is 4. The number of carbonyl (C=O) groups is 1. The lowest BCUT2D eigenvalue weighted by atomic mass is 9.99. The minimum Gasteiger partial charge on any atom is -0.396 e. The molecule has 2 N–H and O–H groups in total. The molecule has 1 amide bonds. The summed E-state index contributed by atoms with van der Waals surface area (Å²) in [7, 11) is -3.20. The molecule has 1 atom stereocenters. The second kappa shape index (κ2) is 7.81. The molecule has 0 bridgehead atoms. The van der Waals surface area contributed by atoms with Crippen molar-refractivity contribution in [1.82, 2.24) is 9.62 Å². The van der Waals surface area contributed by atoms with E-state index in [9.17, 15) is 13.2 Å². The Morgan fingerprint density at radius 2 is 2.11 bits per heavy atom. The summed E-state index contributed by atoms with van der Waals surface area (Å²) in [5.41, 5.74) is 0. The number of aliphatic hydroxyl groups is 1. The van der Waals surface area contributed by atoms with Crippen molar-refractivity contribution < 1.29 is 18.3 Å². The molecule has 1 aliphatic heterocycles. The van der Waals surface area contributed by atoms with Gasteiger partial charge in [-0.15, -0.1) is 0 Å². The highest BCUT2D eigenvalue weighted by atomic mass is 32.2. The van der Waals surface area contributed by atoms with E-state index in [4.69, 9.17) is 5.11 Å². The number of sulfonamides is 1. The molecule has 1 aliphatic rings.